The van der Waals surface area contributed by atoms with E-state index in [-0.39, 0.29) is 11.8 Å². The van der Waals surface area contributed by atoms with E-state index in [1.165, 1.54) is 25.7 Å². The lowest BCUT2D eigenvalue weighted by atomic mass is 9.81. The first kappa shape index (κ1) is 24.3. The topological polar surface area (TPSA) is 82.9 Å². The number of aliphatic carboxylic acids is 1. The number of piperidine rings is 1. The highest BCUT2D eigenvalue weighted by Gasteiger charge is 2.34. The van der Waals surface area contributed by atoms with Crippen molar-refractivity contribution in [3.05, 3.63) is 36.0 Å². The highest BCUT2D eigenvalue weighted by atomic mass is 32.2. The van der Waals surface area contributed by atoms with Crippen molar-refractivity contribution in [1.82, 2.24) is 9.88 Å². The van der Waals surface area contributed by atoms with Crippen LogP contribution in [0.25, 0.3) is 10.9 Å². The highest BCUT2D eigenvalue weighted by Crippen LogP contribution is 2.34. The third-order valence-electron chi connectivity index (χ3n) is 7.37. The molecule has 0 spiro atoms. The number of carboxylic acids is 1. The molecule has 2 N–H and O–H groups in total. The normalized spacial score (nSPS) is 23.1. The Morgan fingerprint density at radius 1 is 1.27 bits per heavy atom. The predicted molar refractivity (Wildman–Crippen MR) is 133 cm³/mol. The molecule has 2 heterocycles. The average Bonchev–Trinajstić information content (AvgIpc) is 3.35. The van der Waals surface area contributed by atoms with Crippen molar-refractivity contribution in [3.8, 4) is 5.75 Å². The molecule has 0 bridgehead atoms. The molecule has 6 nitrogen and oxygen atoms in total. The van der Waals surface area contributed by atoms with Gasteiger partial charge in [0, 0.05) is 35.7 Å². The number of aliphatic hydroxyl groups excluding tert-OH is 1. The van der Waals surface area contributed by atoms with Gasteiger partial charge in [-0.2, -0.15) is 11.8 Å². The molecule has 3 atom stereocenters. The van der Waals surface area contributed by atoms with E-state index in [0.717, 1.165) is 52.7 Å². The molecular weight excluding hydrogens is 436 g/mol. The number of carbonyl (C=O) groups is 1. The van der Waals surface area contributed by atoms with E-state index in [0.29, 0.717) is 19.4 Å². The number of pyridine rings is 1. The molecule has 0 radical (unpaired) electrons. The van der Waals surface area contributed by atoms with E-state index in [9.17, 15) is 15.0 Å². The van der Waals surface area contributed by atoms with Crippen LogP contribution in [0.2, 0.25) is 0 Å². The van der Waals surface area contributed by atoms with Crippen LogP contribution in [-0.2, 0) is 4.79 Å². The quantitative estimate of drug-likeness (QED) is 0.516. The molecule has 180 valence electrons. The van der Waals surface area contributed by atoms with Crippen LogP contribution < -0.4 is 4.74 Å². The number of aliphatic hydroxyl groups is 1. The van der Waals surface area contributed by atoms with Gasteiger partial charge in [0.1, 0.15) is 5.75 Å². The smallest absolute Gasteiger partial charge is 0.308 e. The molecule has 33 heavy (non-hydrogen) atoms. The van der Waals surface area contributed by atoms with Gasteiger partial charge in [0.15, 0.2) is 0 Å². The van der Waals surface area contributed by atoms with Crippen LogP contribution in [0, 0.1) is 11.8 Å². The Balaban J connectivity index is 1.33. The second-order valence-electron chi connectivity index (χ2n) is 9.45. The number of rotatable bonds is 10. The molecule has 1 unspecified atom stereocenters. The number of aromatic nitrogens is 1. The average molecular weight is 473 g/mol. The highest BCUT2D eigenvalue weighted by molar-refractivity contribution is 7.99. The molecule has 4 rings (SSSR count). The number of hydrogen-bond donors (Lipinski definition) is 2. The van der Waals surface area contributed by atoms with Crippen LogP contribution in [0.3, 0.4) is 0 Å². The number of carboxylic acid groups (broad SMARTS) is 1. The molecule has 2 aromatic rings. The van der Waals surface area contributed by atoms with E-state index in [1.807, 2.05) is 24.3 Å². The molecule has 0 amide bonds. The molecule has 1 aromatic carbocycles. The Hall–Kier alpha value is -1.83. The maximum Gasteiger partial charge on any atom is 0.308 e. The summed E-state index contributed by atoms with van der Waals surface area (Å²) in [5.74, 6) is 0.851. The standard InChI is InChI=1S/C26H36N2O4S/c1-32-19-7-8-24-22(16-19)21(10-12-27-24)25(29)9-6-18-11-13-28(17-23(18)26(30)31)14-15-33-20-4-2-3-5-20/h7-8,10,12,16,18,20,23,25,29H,2-6,9,11,13-15,17H2,1H3,(H,30,31)/t18-,23+,25?/m1/s1. The minimum absolute atomic E-state index is 0.0959. The van der Waals surface area contributed by atoms with Crippen LogP contribution in [-0.4, -0.2) is 63.8 Å². The van der Waals surface area contributed by atoms with Crippen molar-refractivity contribution in [3.63, 3.8) is 0 Å². The lowest BCUT2D eigenvalue weighted by molar-refractivity contribution is -0.146. The van der Waals surface area contributed by atoms with Crippen LogP contribution in [0.5, 0.6) is 5.75 Å². The van der Waals surface area contributed by atoms with Gasteiger partial charge in [-0.3, -0.25) is 9.78 Å². The number of thioether (sulfide) groups is 1. The molecule has 1 saturated carbocycles. The molecular formula is C26H36N2O4S. The molecule has 1 aromatic heterocycles. The zero-order valence-electron chi connectivity index (χ0n) is 19.5. The minimum Gasteiger partial charge on any atom is -0.497 e. The fourth-order valence-corrected chi connectivity index (χ4v) is 6.76. The summed E-state index contributed by atoms with van der Waals surface area (Å²) in [6.07, 6.45) is 8.59. The summed E-state index contributed by atoms with van der Waals surface area (Å²) in [6.45, 7) is 2.55. The van der Waals surface area contributed by atoms with Gasteiger partial charge in [0.2, 0.25) is 0 Å². The number of hydrogen-bond acceptors (Lipinski definition) is 6. The van der Waals surface area contributed by atoms with Crippen molar-refractivity contribution in [1.29, 1.82) is 0 Å². The van der Waals surface area contributed by atoms with E-state index in [2.05, 4.69) is 21.6 Å². The Labute approximate surface area is 200 Å². The predicted octanol–water partition coefficient (Wildman–Crippen LogP) is 4.76. The van der Waals surface area contributed by atoms with Crippen LogP contribution in [0.15, 0.2) is 30.5 Å². The summed E-state index contributed by atoms with van der Waals surface area (Å²) < 4.78 is 5.34. The van der Waals surface area contributed by atoms with Gasteiger partial charge in [-0.25, -0.2) is 0 Å². The molecule has 1 aliphatic heterocycles. The Morgan fingerprint density at radius 2 is 2.09 bits per heavy atom. The van der Waals surface area contributed by atoms with E-state index in [4.69, 9.17) is 4.74 Å². The summed E-state index contributed by atoms with van der Waals surface area (Å²) in [7, 11) is 1.62. The maximum atomic E-state index is 12.0. The van der Waals surface area contributed by atoms with E-state index in [1.54, 1.807) is 13.3 Å². The van der Waals surface area contributed by atoms with Crippen molar-refractivity contribution in [2.75, 3.05) is 32.5 Å². The Kier molecular flexibility index (Phi) is 8.50. The largest absolute Gasteiger partial charge is 0.497 e. The number of ether oxygens (including phenoxy) is 1. The van der Waals surface area contributed by atoms with Crippen LogP contribution >= 0.6 is 11.8 Å². The van der Waals surface area contributed by atoms with Gasteiger partial charge in [0.05, 0.1) is 24.6 Å². The Morgan fingerprint density at radius 3 is 2.85 bits per heavy atom. The van der Waals surface area contributed by atoms with E-state index < -0.39 is 12.1 Å². The zero-order valence-corrected chi connectivity index (χ0v) is 20.3. The second kappa shape index (κ2) is 11.5. The van der Waals surface area contributed by atoms with Crippen molar-refractivity contribution >= 4 is 28.6 Å². The van der Waals surface area contributed by atoms with Gasteiger partial charge >= 0.3 is 5.97 Å². The molecule has 2 aliphatic rings. The lowest BCUT2D eigenvalue weighted by Gasteiger charge is -2.37. The zero-order chi connectivity index (χ0) is 23.2. The van der Waals surface area contributed by atoms with Crippen LogP contribution in [0.1, 0.15) is 56.6 Å². The van der Waals surface area contributed by atoms with Crippen molar-refractivity contribution in [2.24, 2.45) is 11.8 Å². The fourth-order valence-electron chi connectivity index (χ4n) is 5.39. The van der Waals surface area contributed by atoms with Crippen molar-refractivity contribution in [2.45, 2.75) is 56.3 Å². The monoisotopic (exact) mass is 472 g/mol. The minimum atomic E-state index is -0.707. The van der Waals surface area contributed by atoms with Gasteiger partial charge in [-0.05, 0) is 74.4 Å². The lowest BCUT2D eigenvalue weighted by Crippen LogP contribution is -2.44. The molecule has 2 fully saturated rings. The SMILES string of the molecule is COc1ccc2nccc(C(O)CC[C@@H]3CCN(CCSC4CCCC4)C[C@@H]3C(=O)O)c2c1. The number of fused-ring (bicyclic) bond motifs is 1. The summed E-state index contributed by atoms with van der Waals surface area (Å²) in [4.78, 5) is 18.8. The fraction of sp³-hybridized carbons (Fsp3) is 0.615. The first-order chi connectivity index (χ1) is 16.0. The Bertz CT molecular complexity index is 934. The first-order valence-corrected chi connectivity index (χ1v) is 13.3. The second-order valence-corrected chi connectivity index (χ2v) is 10.9. The molecule has 7 heteroatoms. The summed E-state index contributed by atoms with van der Waals surface area (Å²) in [6, 6.07) is 7.52. The van der Waals surface area contributed by atoms with Gasteiger partial charge in [-0.15, -0.1) is 0 Å². The van der Waals surface area contributed by atoms with Crippen LogP contribution in [0.4, 0.5) is 0 Å². The first-order valence-electron chi connectivity index (χ1n) is 12.2. The summed E-state index contributed by atoms with van der Waals surface area (Å²) in [5.41, 5.74) is 1.65. The summed E-state index contributed by atoms with van der Waals surface area (Å²) >= 11 is 2.07. The number of likely N-dealkylation sites (tertiary alicyclic amines) is 1. The number of benzene rings is 1. The van der Waals surface area contributed by atoms with Gasteiger partial charge < -0.3 is 19.8 Å². The molecule has 1 aliphatic carbocycles. The number of methoxy groups -OCH3 is 1. The van der Waals surface area contributed by atoms with Gasteiger partial charge in [-0.1, -0.05) is 12.8 Å². The number of nitrogens with zero attached hydrogens (tertiary/aromatic N) is 2. The van der Waals surface area contributed by atoms with Crippen molar-refractivity contribution < 1.29 is 19.7 Å². The third kappa shape index (κ3) is 6.19. The van der Waals surface area contributed by atoms with Gasteiger partial charge in [0.25, 0.3) is 0 Å². The van der Waals surface area contributed by atoms with E-state index >= 15 is 0 Å². The maximum absolute atomic E-state index is 12.0. The summed E-state index contributed by atoms with van der Waals surface area (Å²) in [5, 5.41) is 22.6. The molecule has 1 saturated heterocycles. The third-order valence-corrected chi connectivity index (χ3v) is 8.73.